The molecule has 0 spiro atoms. The summed E-state index contributed by atoms with van der Waals surface area (Å²) in [5, 5.41) is 1.70. The van der Waals surface area contributed by atoms with Crippen molar-refractivity contribution in [2.24, 2.45) is 5.92 Å². The first-order valence-electron chi connectivity index (χ1n) is 5.08. The monoisotopic (exact) mass is 261 g/mol. The summed E-state index contributed by atoms with van der Waals surface area (Å²) in [4.78, 5) is 4.24. The van der Waals surface area contributed by atoms with Gasteiger partial charge in [0.25, 0.3) is 0 Å². The number of hydrogen-bond donors (Lipinski definition) is 1. The molecule has 0 bridgehead atoms. The number of thiol groups is 1. The molecular formula is C11H16ClNS2. The Kier molecular flexibility index (Phi) is 6.53. The van der Waals surface area contributed by atoms with Gasteiger partial charge in [-0.25, -0.2) is 4.98 Å². The Morgan fingerprint density at radius 1 is 1.53 bits per heavy atom. The molecule has 0 saturated carbocycles. The highest BCUT2D eigenvalue weighted by molar-refractivity contribution is 7.99. The van der Waals surface area contributed by atoms with Gasteiger partial charge in [0.15, 0.2) is 0 Å². The third-order valence-corrected chi connectivity index (χ3v) is 3.91. The summed E-state index contributed by atoms with van der Waals surface area (Å²) in [7, 11) is 0. The third-order valence-electron chi connectivity index (χ3n) is 2.20. The summed E-state index contributed by atoms with van der Waals surface area (Å²) in [6, 6.07) is 3.74. The van der Waals surface area contributed by atoms with Crippen LogP contribution in [0.2, 0.25) is 5.02 Å². The predicted octanol–water partition coefficient (Wildman–Crippen LogP) is 4.17. The van der Waals surface area contributed by atoms with Crippen LogP contribution in [0.4, 0.5) is 0 Å². The Bertz CT molecular complexity index is 294. The predicted molar refractivity (Wildman–Crippen MR) is 72.2 cm³/mol. The van der Waals surface area contributed by atoms with Crippen LogP contribution >= 0.6 is 36.0 Å². The molecule has 1 aromatic heterocycles. The zero-order valence-corrected chi connectivity index (χ0v) is 11.3. The van der Waals surface area contributed by atoms with E-state index in [1.54, 1.807) is 18.0 Å². The molecule has 0 N–H and O–H groups in total. The Morgan fingerprint density at radius 2 is 2.33 bits per heavy atom. The van der Waals surface area contributed by atoms with Crippen molar-refractivity contribution in [3.8, 4) is 0 Å². The normalized spacial score (nSPS) is 12.7. The van der Waals surface area contributed by atoms with Gasteiger partial charge in [0.2, 0.25) is 0 Å². The van der Waals surface area contributed by atoms with E-state index in [9.17, 15) is 0 Å². The topological polar surface area (TPSA) is 12.9 Å². The van der Waals surface area contributed by atoms with Crippen LogP contribution in [0, 0.1) is 5.92 Å². The first-order valence-corrected chi connectivity index (χ1v) is 7.08. The van der Waals surface area contributed by atoms with Crippen LogP contribution in [-0.4, -0.2) is 16.5 Å². The van der Waals surface area contributed by atoms with E-state index in [0.717, 1.165) is 27.5 Å². The third kappa shape index (κ3) is 5.14. The average molecular weight is 262 g/mol. The molecule has 0 aliphatic carbocycles. The van der Waals surface area contributed by atoms with E-state index in [1.807, 2.05) is 12.1 Å². The van der Waals surface area contributed by atoms with Gasteiger partial charge in [-0.1, -0.05) is 18.5 Å². The fraction of sp³-hybridized carbons (Fsp3) is 0.545. The quantitative estimate of drug-likeness (QED) is 0.610. The minimum absolute atomic E-state index is 0.734. The number of halogens is 1. The van der Waals surface area contributed by atoms with Gasteiger partial charge in [0.05, 0.1) is 5.02 Å². The van der Waals surface area contributed by atoms with Crippen molar-refractivity contribution in [1.82, 2.24) is 4.98 Å². The lowest BCUT2D eigenvalue weighted by molar-refractivity contribution is 0.554. The summed E-state index contributed by atoms with van der Waals surface area (Å²) in [5.74, 6) is 2.78. The van der Waals surface area contributed by atoms with Gasteiger partial charge in [-0.2, -0.15) is 12.6 Å². The zero-order valence-electron chi connectivity index (χ0n) is 8.82. The summed E-state index contributed by atoms with van der Waals surface area (Å²) < 4.78 is 0. The second kappa shape index (κ2) is 7.42. The van der Waals surface area contributed by atoms with Crippen molar-refractivity contribution in [1.29, 1.82) is 0 Å². The maximum atomic E-state index is 6.01. The molecule has 4 heteroatoms. The zero-order chi connectivity index (χ0) is 11.1. The smallest absolute Gasteiger partial charge is 0.115 e. The molecule has 0 aliphatic heterocycles. The van der Waals surface area contributed by atoms with Gasteiger partial charge in [-0.15, -0.1) is 11.8 Å². The van der Waals surface area contributed by atoms with E-state index >= 15 is 0 Å². The molecule has 0 aliphatic rings. The van der Waals surface area contributed by atoms with Crippen molar-refractivity contribution < 1.29 is 0 Å². The summed E-state index contributed by atoms with van der Waals surface area (Å²) in [6.07, 6.45) is 4.16. The van der Waals surface area contributed by atoms with E-state index in [1.165, 1.54) is 12.8 Å². The Morgan fingerprint density at radius 3 is 3.00 bits per heavy atom. The highest BCUT2D eigenvalue weighted by Crippen LogP contribution is 2.25. The van der Waals surface area contributed by atoms with Gasteiger partial charge in [-0.05, 0) is 42.4 Å². The number of rotatable bonds is 6. The molecule has 84 valence electrons. The van der Waals surface area contributed by atoms with Gasteiger partial charge in [-0.3, -0.25) is 0 Å². The van der Waals surface area contributed by atoms with Crippen molar-refractivity contribution in [3.63, 3.8) is 0 Å². The van der Waals surface area contributed by atoms with Crippen LogP contribution in [0.3, 0.4) is 0 Å². The number of aromatic nitrogens is 1. The van der Waals surface area contributed by atoms with Crippen molar-refractivity contribution in [3.05, 3.63) is 23.4 Å². The molecule has 1 nitrogen and oxygen atoms in total. The van der Waals surface area contributed by atoms with Crippen molar-refractivity contribution in [2.45, 2.75) is 24.8 Å². The second-order valence-electron chi connectivity index (χ2n) is 3.54. The molecule has 1 rings (SSSR count). The van der Waals surface area contributed by atoms with Crippen LogP contribution in [0.1, 0.15) is 19.8 Å². The van der Waals surface area contributed by atoms with Crippen molar-refractivity contribution in [2.75, 3.05) is 11.5 Å². The first kappa shape index (κ1) is 13.2. The summed E-state index contributed by atoms with van der Waals surface area (Å²) >= 11 is 12.0. The molecular weight excluding hydrogens is 246 g/mol. The first-order chi connectivity index (χ1) is 7.24. The van der Waals surface area contributed by atoms with Crippen LogP contribution in [0.15, 0.2) is 23.4 Å². The van der Waals surface area contributed by atoms with E-state index in [-0.39, 0.29) is 0 Å². The Hall–Kier alpha value is 0.140. The van der Waals surface area contributed by atoms with E-state index in [0.29, 0.717) is 0 Å². The van der Waals surface area contributed by atoms with Gasteiger partial charge in [0, 0.05) is 6.20 Å². The summed E-state index contributed by atoms with van der Waals surface area (Å²) in [5.41, 5.74) is 0. The molecule has 1 heterocycles. The lowest BCUT2D eigenvalue weighted by atomic mass is 10.1. The minimum Gasteiger partial charge on any atom is -0.248 e. The Labute approximate surface area is 106 Å². The second-order valence-corrected chi connectivity index (χ2v) is 5.48. The fourth-order valence-electron chi connectivity index (χ4n) is 1.20. The van der Waals surface area contributed by atoms with Gasteiger partial charge in [0.1, 0.15) is 5.03 Å². The minimum atomic E-state index is 0.734. The number of pyridine rings is 1. The lowest BCUT2D eigenvalue weighted by Crippen LogP contribution is -1.97. The highest BCUT2D eigenvalue weighted by atomic mass is 35.5. The SMILES string of the molecule is CC(CCS)CCSc1ncccc1Cl. The van der Waals surface area contributed by atoms with Gasteiger partial charge < -0.3 is 0 Å². The van der Waals surface area contributed by atoms with Crippen LogP contribution in [0.5, 0.6) is 0 Å². The summed E-state index contributed by atoms with van der Waals surface area (Å²) in [6.45, 7) is 2.26. The highest BCUT2D eigenvalue weighted by Gasteiger charge is 2.04. The number of thioether (sulfide) groups is 1. The maximum Gasteiger partial charge on any atom is 0.115 e. The van der Waals surface area contributed by atoms with Crippen LogP contribution < -0.4 is 0 Å². The fourth-order valence-corrected chi connectivity index (χ4v) is 2.98. The van der Waals surface area contributed by atoms with Crippen LogP contribution in [0.25, 0.3) is 0 Å². The van der Waals surface area contributed by atoms with Gasteiger partial charge >= 0.3 is 0 Å². The lowest BCUT2D eigenvalue weighted by Gasteiger charge is -2.08. The van der Waals surface area contributed by atoms with Crippen molar-refractivity contribution >= 4 is 36.0 Å². The molecule has 1 unspecified atom stereocenters. The maximum absolute atomic E-state index is 6.01. The molecule has 0 fully saturated rings. The number of hydrogen-bond acceptors (Lipinski definition) is 3. The molecule has 1 atom stereocenters. The van der Waals surface area contributed by atoms with E-state index in [2.05, 4.69) is 24.5 Å². The molecule has 0 radical (unpaired) electrons. The molecule has 0 saturated heterocycles. The Balaban J connectivity index is 2.29. The number of nitrogens with zero attached hydrogens (tertiary/aromatic N) is 1. The largest absolute Gasteiger partial charge is 0.248 e. The molecule has 0 amide bonds. The molecule has 0 aromatic carbocycles. The van der Waals surface area contributed by atoms with Crippen LogP contribution in [-0.2, 0) is 0 Å². The molecule has 15 heavy (non-hydrogen) atoms. The van der Waals surface area contributed by atoms with E-state index in [4.69, 9.17) is 11.6 Å². The molecule has 1 aromatic rings. The van der Waals surface area contributed by atoms with E-state index < -0.39 is 0 Å². The average Bonchev–Trinajstić information content (AvgIpc) is 2.21. The standard InChI is InChI=1S/C11H16ClNS2/c1-9(4-7-14)5-8-15-11-10(12)3-2-6-13-11/h2-3,6,9,14H,4-5,7-8H2,1H3.